The number of pyridine rings is 2. The molecule has 0 aliphatic heterocycles. The van der Waals surface area contributed by atoms with E-state index < -0.39 is 30.5 Å². The summed E-state index contributed by atoms with van der Waals surface area (Å²) < 4.78 is 27.4. The zero-order chi connectivity index (χ0) is 26.3. The van der Waals surface area contributed by atoms with Crippen LogP contribution in [-0.4, -0.2) is 41.1 Å². The van der Waals surface area contributed by atoms with E-state index in [9.17, 15) is 14.0 Å². The minimum Gasteiger partial charge on any atom is -0.487 e. The molecule has 1 N–H and O–H groups in total. The largest absolute Gasteiger partial charge is 0.487 e. The molecule has 3 aromatic rings. The molecule has 0 aliphatic rings. The molecule has 3 rings (SSSR count). The van der Waals surface area contributed by atoms with Gasteiger partial charge in [0.15, 0.2) is 30.7 Å². The first-order valence-electron chi connectivity index (χ1n) is 11.1. The highest BCUT2D eigenvalue weighted by Gasteiger charge is 2.37. The number of aromatic amines is 1. The molecular weight excluding hydrogens is 514 g/mol. The molecule has 3 aromatic heterocycles. The summed E-state index contributed by atoms with van der Waals surface area (Å²) in [5, 5.41) is -0.466. The van der Waals surface area contributed by atoms with E-state index in [0.717, 1.165) is 10.6 Å². The number of rotatable bonds is 7. The van der Waals surface area contributed by atoms with Crippen molar-refractivity contribution < 1.29 is 13.6 Å². The maximum absolute atomic E-state index is 14.1. The van der Waals surface area contributed by atoms with Gasteiger partial charge in [-0.2, -0.15) is 0 Å². The second kappa shape index (κ2) is 10.0. The van der Waals surface area contributed by atoms with Crippen LogP contribution in [0.25, 0.3) is 16.7 Å². The van der Waals surface area contributed by atoms with Gasteiger partial charge >= 0.3 is 5.69 Å². The monoisotopic (exact) mass is 542 g/mol. The zero-order valence-electron chi connectivity index (χ0n) is 20.8. The molecule has 0 bridgehead atoms. The fourth-order valence-electron chi connectivity index (χ4n) is 3.23. The number of hydrogen-bond donors (Lipinski definition) is 1. The van der Waals surface area contributed by atoms with Crippen molar-refractivity contribution in [3.8, 4) is 11.4 Å². The van der Waals surface area contributed by atoms with Crippen molar-refractivity contribution in [2.75, 3.05) is 13.2 Å². The number of ether oxygens (including phenoxy) is 1. The zero-order valence-corrected chi connectivity index (χ0v) is 23.3. The number of hydrogen-bond acceptors (Lipinski definition) is 6. The Morgan fingerprint density at radius 1 is 1.20 bits per heavy atom. The molecule has 35 heavy (non-hydrogen) atoms. The maximum atomic E-state index is 14.1. The Balaban J connectivity index is 2.17. The van der Waals surface area contributed by atoms with Crippen LogP contribution in [0.1, 0.15) is 46.2 Å². The molecule has 0 spiro atoms. The van der Waals surface area contributed by atoms with Crippen LogP contribution < -0.4 is 16.0 Å². The first kappa shape index (κ1) is 27.3. The number of nitrogens with zero attached hydrogens (tertiary/aromatic N) is 3. The molecule has 0 atom stereocenters. The highest BCUT2D eigenvalue weighted by molar-refractivity contribution is 6.74. The summed E-state index contributed by atoms with van der Waals surface area (Å²) in [6.07, 6.45) is 1.43. The summed E-state index contributed by atoms with van der Waals surface area (Å²) in [7, 11) is -2.01. The molecule has 12 heteroatoms. The van der Waals surface area contributed by atoms with Crippen LogP contribution in [0.3, 0.4) is 0 Å². The smallest absolute Gasteiger partial charge is 0.334 e. The average Bonchev–Trinajstić information content (AvgIpc) is 2.73. The van der Waals surface area contributed by atoms with Gasteiger partial charge in [-0.05, 0) is 30.1 Å². The van der Waals surface area contributed by atoms with Crippen molar-refractivity contribution in [1.82, 2.24) is 19.5 Å². The Hall–Kier alpha value is -2.27. The van der Waals surface area contributed by atoms with E-state index in [1.807, 2.05) is 13.8 Å². The topological polar surface area (TPSA) is 99.1 Å². The number of fused-ring (bicyclic) bond motifs is 1. The van der Waals surface area contributed by atoms with Gasteiger partial charge in [-0.1, -0.05) is 57.8 Å². The van der Waals surface area contributed by atoms with Gasteiger partial charge in [0.05, 0.1) is 17.7 Å². The van der Waals surface area contributed by atoms with Gasteiger partial charge in [-0.3, -0.25) is 14.8 Å². The van der Waals surface area contributed by atoms with Crippen molar-refractivity contribution in [2.24, 2.45) is 0 Å². The van der Waals surface area contributed by atoms with Crippen LogP contribution in [-0.2, 0) is 4.43 Å². The number of halogens is 3. The fraction of sp³-hybridized carbons (Fsp3) is 0.478. The average molecular weight is 543 g/mol. The van der Waals surface area contributed by atoms with Crippen LogP contribution in [0, 0.1) is 5.82 Å². The van der Waals surface area contributed by atoms with Crippen molar-refractivity contribution in [2.45, 2.75) is 58.7 Å². The van der Waals surface area contributed by atoms with E-state index >= 15 is 0 Å². The maximum Gasteiger partial charge on any atom is 0.334 e. The quantitative estimate of drug-likeness (QED) is 0.242. The highest BCUT2D eigenvalue weighted by atomic mass is 35.5. The number of H-pyrrole nitrogens is 1. The Morgan fingerprint density at radius 3 is 2.46 bits per heavy atom. The van der Waals surface area contributed by atoms with Crippen LogP contribution in [0.2, 0.25) is 28.3 Å². The van der Waals surface area contributed by atoms with Crippen molar-refractivity contribution in [3.63, 3.8) is 0 Å². The normalized spacial score (nSPS) is 12.5. The molecule has 0 amide bonds. The minimum absolute atomic E-state index is 0.0274. The summed E-state index contributed by atoms with van der Waals surface area (Å²) >= 11 is 12.4. The molecule has 0 saturated heterocycles. The highest BCUT2D eigenvalue weighted by Crippen LogP contribution is 2.38. The number of nitrogens with one attached hydrogen (secondary N) is 1. The molecular formula is C23H29Cl2FN4O4Si. The second-order valence-corrected chi connectivity index (χ2v) is 15.6. The van der Waals surface area contributed by atoms with E-state index in [1.54, 1.807) is 0 Å². The molecule has 0 fully saturated rings. The van der Waals surface area contributed by atoms with Gasteiger partial charge in [0.25, 0.3) is 5.56 Å². The van der Waals surface area contributed by atoms with E-state index in [4.69, 9.17) is 32.4 Å². The van der Waals surface area contributed by atoms with Crippen molar-refractivity contribution >= 4 is 42.6 Å². The van der Waals surface area contributed by atoms with Crippen molar-refractivity contribution in [3.05, 3.63) is 54.8 Å². The van der Waals surface area contributed by atoms with Gasteiger partial charge in [-0.25, -0.2) is 18.7 Å². The lowest BCUT2D eigenvalue weighted by atomic mass is 10.1. The van der Waals surface area contributed by atoms with E-state index in [2.05, 4.69) is 48.8 Å². The molecule has 3 heterocycles. The summed E-state index contributed by atoms with van der Waals surface area (Å²) in [6.45, 7) is 14.9. The van der Waals surface area contributed by atoms with Gasteiger partial charge in [0, 0.05) is 6.20 Å². The minimum atomic E-state index is -2.01. The molecule has 8 nitrogen and oxygen atoms in total. The van der Waals surface area contributed by atoms with Gasteiger partial charge in [-0.15, -0.1) is 0 Å². The molecule has 190 valence electrons. The SMILES string of the molecule is CC(C)c1ncc(Cl)c(OCCO[Si](C)(C)C(C)(C)C)c1-n1c(=O)[nH]c(=O)c2cc(F)c(Cl)nc21. The summed E-state index contributed by atoms with van der Waals surface area (Å²) in [6, 6.07) is 0.931. The lowest BCUT2D eigenvalue weighted by molar-refractivity contribution is 0.203. The Bertz CT molecular complexity index is 1380. The van der Waals surface area contributed by atoms with Crippen molar-refractivity contribution in [1.29, 1.82) is 0 Å². The summed E-state index contributed by atoms with van der Waals surface area (Å²) in [5.74, 6) is -0.887. The van der Waals surface area contributed by atoms with Gasteiger partial charge in [0.1, 0.15) is 17.3 Å². The van der Waals surface area contributed by atoms with E-state index in [-0.39, 0.29) is 45.1 Å². The van der Waals surface area contributed by atoms with Gasteiger partial charge in [0.2, 0.25) is 0 Å². The number of aromatic nitrogens is 4. The predicted molar refractivity (Wildman–Crippen MR) is 138 cm³/mol. The fourth-order valence-corrected chi connectivity index (χ4v) is 4.58. The van der Waals surface area contributed by atoms with E-state index in [1.165, 1.54) is 6.20 Å². The molecule has 0 aromatic carbocycles. The predicted octanol–water partition coefficient (Wildman–Crippen LogP) is 5.44. The second-order valence-electron chi connectivity index (χ2n) is 10.0. The standard InChI is InChI=1S/C23H29Cl2FN4O4Si/c1-12(2)16-17(30-20-13(21(31)29-22(30)32)10-15(26)19(25)28-20)18(14(24)11-27-16)33-8-9-34-35(6,7)23(3,4)5/h10-12H,8-9H2,1-7H3,(H,29,31,32). The Morgan fingerprint density at radius 2 is 1.86 bits per heavy atom. The third-order valence-electron chi connectivity index (χ3n) is 6.15. The van der Waals surface area contributed by atoms with Crippen LogP contribution >= 0.6 is 23.2 Å². The Labute approximate surface area is 213 Å². The lowest BCUT2D eigenvalue weighted by Gasteiger charge is -2.36. The molecule has 0 aliphatic carbocycles. The summed E-state index contributed by atoms with van der Waals surface area (Å²) in [4.78, 5) is 36.0. The molecule has 0 radical (unpaired) electrons. The van der Waals surface area contributed by atoms with Crippen LogP contribution in [0.4, 0.5) is 4.39 Å². The summed E-state index contributed by atoms with van der Waals surface area (Å²) in [5.41, 5.74) is -1.09. The van der Waals surface area contributed by atoms with E-state index in [0.29, 0.717) is 12.3 Å². The van der Waals surface area contributed by atoms with Crippen LogP contribution in [0.15, 0.2) is 21.9 Å². The molecule has 0 saturated carbocycles. The third-order valence-corrected chi connectivity index (χ3v) is 11.2. The third kappa shape index (κ3) is 5.45. The molecule has 0 unspecified atom stereocenters. The first-order chi connectivity index (χ1) is 16.2. The Kier molecular flexibility index (Phi) is 7.81. The van der Waals surface area contributed by atoms with Gasteiger partial charge < -0.3 is 9.16 Å². The first-order valence-corrected chi connectivity index (χ1v) is 14.8. The lowest BCUT2D eigenvalue weighted by Crippen LogP contribution is -2.41. The van der Waals surface area contributed by atoms with Crippen LogP contribution in [0.5, 0.6) is 5.75 Å².